The highest BCUT2D eigenvalue weighted by Gasteiger charge is 2.20. The van der Waals surface area contributed by atoms with Crippen molar-refractivity contribution in [2.75, 3.05) is 37.4 Å². The number of nitrogens with one attached hydrogen (secondary N) is 1. The number of benzene rings is 1. The monoisotopic (exact) mass is 329 g/mol. The molecule has 1 aromatic carbocycles. The van der Waals surface area contributed by atoms with Gasteiger partial charge >= 0.3 is 0 Å². The summed E-state index contributed by atoms with van der Waals surface area (Å²) in [5.74, 6) is 1.38. The van der Waals surface area contributed by atoms with Crippen LogP contribution in [0.3, 0.4) is 0 Å². The quantitative estimate of drug-likeness (QED) is 0.914. The van der Waals surface area contributed by atoms with Crippen molar-refractivity contribution in [3.63, 3.8) is 0 Å². The summed E-state index contributed by atoms with van der Waals surface area (Å²) in [4.78, 5) is 13.2. The van der Waals surface area contributed by atoms with E-state index in [0.717, 1.165) is 43.9 Å². The lowest BCUT2D eigenvalue weighted by atomic mass is 10.0. The molecule has 0 radical (unpaired) electrons. The minimum Gasteiger partial charge on any atom is -0.363 e. The van der Waals surface area contributed by atoms with Gasteiger partial charge in [-0.1, -0.05) is 12.1 Å². The summed E-state index contributed by atoms with van der Waals surface area (Å²) in [5, 5.41) is 3.44. The zero-order chi connectivity index (χ0) is 16.9. The van der Waals surface area contributed by atoms with E-state index in [2.05, 4.69) is 20.2 Å². The summed E-state index contributed by atoms with van der Waals surface area (Å²) in [5.41, 5.74) is 1.02. The molecule has 1 aromatic heterocycles. The molecule has 0 amide bonds. The van der Waals surface area contributed by atoms with Gasteiger partial charge in [-0.3, -0.25) is 4.90 Å². The summed E-state index contributed by atoms with van der Waals surface area (Å²) in [6.07, 6.45) is 3.98. The van der Waals surface area contributed by atoms with Crippen LogP contribution in [0.15, 0.2) is 36.5 Å². The van der Waals surface area contributed by atoms with Gasteiger partial charge in [-0.2, -0.15) is 4.98 Å². The van der Waals surface area contributed by atoms with E-state index < -0.39 is 0 Å². The molecule has 1 atom stereocenters. The molecule has 2 aromatic rings. The lowest BCUT2D eigenvalue weighted by Crippen LogP contribution is -2.41. The molecule has 0 bridgehead atoms. The highest BCUT2D eigenvalue weighted by atomic mass is 19.1. The van der Waals surface area contributed by atoms with Crippen molar-refractivity contribution in [2.24, 2.45) is 0 Å². The molecule has 1 aliphatic heterocycles. The van der Waals surface area contributed by atoms with Gasteiger partial charge in [0.25, 0.3) is 0 Å². The molecule has 5 nitrogen and oxygen atoms in total. The molecule has 1 N–H and O–H groups in total. The first-order valence-corrected chi connectivity index (χ1v) is 8.34. The number of hydrogen-bond donors (Lipinski definition) is 1. The third kappa shape index (κ3) is 4.41. The summed E-state index contributed by atoms with van der Waals surface area (Å²) in [7, 11) is 3.93. The number of halogens is 1. The number of piperidine rings is 1. The second-order valence-electron chi connectivity index (χ2n) is 6.48. The molecule has 6 heteroatoms. The first-order chi connectivity index (χ1) is 11.6. The molecule has 128 valence electrons. The van der Waals surface area contributed by atoms with Gasteiger partial charge in [-0.05, 0) is 43.1 Å². The Kier molecular flexibility index (Phi) is 5.25. The van der Waals surface area contributed by atoms with Gasteiger partial charge in [0.2, 0.25) is 5.95 Å². The second-order valence-corrected chi connectivity index (χ2v) is 6.48. The average molecular weight is 329 g/mol. The van der Waals surface area contributed by atoms with Gasteiger partial charge < -0.3 is 10.2 Å². The van der Waals surface area contributed by atoms with Crippen LogP contribution in [0.1, 0.15) is 18.4 Å². The lowest BCUT2D eigenvalue weighted by molar-refractivity contribution is 0.208. The van der Waals surface area contributed by atoms with E-state index in [4.69, 9.17) is 0 Å². The molecule has 0 aliphatic carbocycles. The summed E-state index contributed by atoms with van der Waals surface area (Å²) in [6, 6.07) is 9.04. The SMILES string of the molecule is CN(C)c1ccnc(NC2CCCN(Cc3cccc(F)c3)C2)n1. The van der Waals surface area contributed by atoms with Crippen molar-refractivity contribution < 1.29 is 4.39 Å². The van der Waals surface area contributed by atoms with Crippen LogP contribution in [-0.4, -0.2) is 48.1 Å². The fraction of sp³-hybridized carbons (Fsp3) is 0.444. The Labute approximate surface area is 142 Å². The lowest BCUT2D eigenvalue weighted by Gasteiger charge is -2.33. The maximum atomic E-state index is 13.3. The maximum Gasteiger partial charge on any atom is 0.224 e. The van der Waals surface area contributed by atoms with Gasteiger partial charge in [-0.25, -0.2) is 9.37 Å². The van der Waals surface area contributed by atoms with Gasteiger partial charge in [0, 0.05) is 39.4 Å². The molecular weight excluding hydrogens is 305 g/mol. The first-order valence-electron chi connectivity index (χ1n) is 8.34. The molecule has 0 saturated carbocycles. The Morgan fingerprint density at radius 2 is 2.21 bits per heavy atom. The highest BCUT2D eigenvalue weighted by molar-refractivity contribution is 5.41. The van der Waals surface area contributed by atoms with Crippen molar-refractivity contribution in [3.05, 3.63) is 47.9 Å². The molecule has 24 heavy (non-hydrogen) atoms. The summed E-state index contributed by atoms with van der Waals surface area (Å²) < 4.78 is 13.3. The fourth-order valence-corrected chi connectivity index (χ4v) is 3.06. The third-order valence-electron chi connectivity index (χ3n) is 4.23. The molecule has 0 spiro atoms. The van der Waals surface area contributed by atoms with Crippen LogP contribution in [-0.2, 0) is 6.54 Å². The van der Waals surface area contributed by atoms with E-state index in [1.807, 2.05) is 31.1 Å². The molecular formula is C18H24FN5. The van der Waals surface area contributed by atoms with Crippen molar-refractivity contribution in [3.8, 4) is 0 Å². The summed E-state index contributed by atoms with van der Waals surface area (Å²) >= 11 is 0. The van der Waals surface area contributed by atoms with Gasteiger partial charge in [0.05, 0.1) is 0 Å². The zero-order valence-electron chi connectivity index (χ0n) is 14.2. The third-order valence-corrected chi connectivity index (χ3v) is 4.23. The first kappa shape index (κ1) is 16.6. The Balaban J connectivity index is 1.60. The molecule has 2 heterocycles. The van der Waals surface area contributed by atoms with E-state index in [1.165, 1.54) is 6.07 Å². The van der Waals surface area contributed by atoms with Crippen LogP contribution in [0.2, 0.25) is 0 Å². The normalized spacial score (nSPS) is 18.4. The predicted molar refractivity (Wildman–Crippen MR) is 94.7 cm³/mol. The van der Waals surface area contributed by atoms with Gasteiger partial charge in [0.15, 0.2) is 0 Å². The van der Waals surface area contributed by atoms with E-state index in [0.29, 0.717) is 12.0 Å². The van der Waals surface area contributed by atoms with Crippen molar-refractivity contribution in [1.82, 2.24) is 14.9 Å². The van der Waals surface area contributed by atoms with Crippen molar-refractivity contribution in [2.45, 2.75) is 25.4 Å². The maximum absolute atomic E-state index is 13.3. The van der Waals surface area contributed by atoms with Crippen molar-refractivity contribution in [1.29, 1.82) is 0 Å². The van der Waals surface area contributed by atoms with Gasteiger partial charge in [-0.15, -0.1) is 0 Å². The Morgan fingerprint density at radius 1 is 1.33 bits per heavy atom. The number of anilines is 2. The minimum absolute atomic E-state index is 0.173. The van der Waals surface area contributed by atoms with Crippen LogP contribution in [0.4, 0.5) is 16.2 Å². The van der Waals surface area contributed by atoms with Crippen LogP contribution in [0, 0.1) is 5.82 Å². The van der Waals surface area contributed by atoms with Crippen LogP contribution < -0.4 is 10.2 Å². The van der Waals surface area contributed by atoms with Crippen LogP contribution >= 0.6 is 0 Å². The standard InChI is InChI=1S/C18H24FN5/c1-23(2)17-8-9-20-18(22-17)21-16-7-4-10-24(13-16)12-14-5-3-6-15(19)11-14/h3,5-6,8-9,11,16H,4,7,10,12-13H2,1-2H3,(H,20,21,22). The molecule has 3 rings (SSSR count). The zero-order valence-corrected chi connectivity index (χ0v) is 14.2. The summed E-state index contributed by atoms with van der Waals surface area (Å²) in [6.45, 7) is 2.72. The van der Waals surface area contributed by atoms with Gasteiger partial charge in [0.1, 0.15) is 11.6 Å². The van der Waals surface area contributed by atoms with Crippen molar-refractivity contribution >= 4 is 11.8 Å². The van der Waals surface area contributed by atoms with Crippen LogP contribution in [0.25, 0.3) is 0 Å². The second kappa shape index (κ2) is 7.57. The number of hydrogen-bond acceptors (Lipinski definition) is 5. The largest absolute Gasteiger partial charge is 0.363 e. The molecule has 1 saturated heterocycles. The highest BCUT2D eigenvalue weighted by Crippen LogP contribution is 2.17. The topological polar surface area (TPSA) is 44.3 Å². The Hall–Kier alpha value is -2.21. The molecule has 1 aliphatic rings. The van der Waals surface area contributed by atoms with E-state index in [9.17, 15) is 4.39 Å². The number of aromatic nitrogens is 2. The number of likely N-dealkylation sites (tertiary alicyclic amines) is 1. The minimum atomic E-state index is -0.173. The van der Waals surface area contributed by atoms with E-state index in [1.54, 1.807) is 18.3 Å². The molecule has 1 fully saturated rings. The van der Waals surface area contributed by atoms with E-state index >= 15 is 0 Å². The Morgan fingerprint density at radius 3 is 3.00 bits per heavy atom. The fourth-order valence-electron chi connectivity index (χ4n) is 3.06. The molecule has 1 unspecified atom stereocenters. The number of rotatable bonds is 5. The number of nitrogens with zero attached hydrogens (tertiary/aromatic N) is 4. The van der Waals surface area contributed by atoms with Crippen LogP contribution in [0.5, 0.6) is 0 Å². The smallest absolute Gasteiger partial charge is 0.224 e. The predicted octanol–water partition coefficient (Wildman–Crippen LogP) is 2.76. The van der Waals surface area contributed by atoms with E-state index in [-0.39, 0.29) is 5.82 Å². The Bertz CT molecular complexity index is 676. The average Bonchev–Trinajstić information content (AvgIpc) is 2.55.